The Morgan fingerprint density at radius 2 is 1.32 bits per heavy atom. The molecule has 0 radical (unpaired) electrons. The van der Waals surface area contributed by atoms with E-state index in [-0.39, 0.29) is 0 Å². The molecule has 0 aliphatic carbocycles. The van der Waals surface area contributed by atoms with Crippen LogP contribution in [-0.2, 0) is 4.74 Å². The van der Waals surface area contributed by atoms with Gasteiger partial charge in [0.25, 0.3) is 0 Å². The molecule has 1 nitrogen and oxygen atoms in total. The van der Waals surface area contributed by atoms with Crippen LogP contribution in [0.3, 0.4) is 0 Å². The van der Waals surface area contributed by atoms with Gasteiger partial charge in [-0.15, -0.1) is 0 Å². The van der Waals surface area contributed by atoms with Crippen molar-refractivity contribution in [3.8, 4) is 0 Å². The number of rotatable bonds is 16. The van der Waals surface area contributed by atoms with Gasteiger partial charge < -0.3 is 4.74 Å². The highest BCUT2D eigenvalue weighted by Gasteiger charge is 2.36. The fourth-order valence-corrected chi connectivity index (χ4v) is 3.14. The summed E-state index contributed by atoms with van der Waals surface area (Å²) in [4.78, 5) is 0. The lowest BCUT2D eigenvalue weighted by Gasteiger charge is -2.02. The van der Waals surface area contributed by atoms with Gasteiger partial charge in [0.05, 0.1) is 12.2 Å². The fourth-order valence-electron chi connectivity index (χ4n) is 3.14. The van der Waals surface area contributed by atoms with Crippen molar-refractivity contribution in [2.24, 2.45) is 0 Å². The molecule has 0 aromatic heterocycles. The molecule has 128 valence electrons. The summed E-state index contributed by atoms with van der Waals surface area (Å²) in [5.41, 5.74) is 0. The highest BCUT2D eigenvalue weighted by atomic mass is 16.6. The summed E-state index contributed by atoms with van der Waals surface area (Å²) >= 11 is 0. The highest BCUT2D eigenvalue weighted by molar-refractivity contribution is 5.01. The standard InChI is InChI=1S/C21H38O/c1-3-5-7-8-9-10-11-12-13-14-15-17-19-21-20(22-21)18-16-6-4-2/h4,6,16,20-21H,2-3,5,7-15,17-19H2,1H3/b16-6-. The smallest absolute Gasteiger partial charge is 0.0876 e. The lowest BCUT2D eigenvalue weighted by Crippen LogP contribution is -1.92. The zero-order valence-corrected chi connectivity index (χ0v) is 14.9. The summed E-state index contributed by atoms with van der Waals surface area (Å²) in [7, 11) is 0. The van der Waals surface area contributed by atoms with Gasteiger partial charge in [-0.1, -0.05) is 109 Å². The van der Waals surface area contributed by atoms with Gasteiger partial charge in [-0.2, -0.15) is 0 Å². The minimum absolute atomic E-state index is 0.504. The molecule has 0 aromatic rings. The van der Waals surface area contributed by atoms with Gasteiger partial charge in [-0.25, -0.2) is 0 Å². The second-order valence-corrected chi connectivity index (χ2v) is 6.79. The average Bonchev–Trinajstić information content (AvgIpc) is 3.27. The maximum atomic E-state index is 5.68. The topological polar surface area (TPSA) is 12.5 Å². The summed E-state index contributed by atoms with van der Waals surface area (Å²) in [6.45, 7) is 5.97. The molecule has 1 aliphatic rings. The summed E-state index contributed by atoms with van der Waals surface area (Å²) in [6.07, 6.45) is 26.5. The number of ether oxygens (including phenoxy) is 1. The third-order valence-electron chi connectivity index (χ3n) is 4.67. The number of epoxide rings is 1. The molecule has 1 heterocycles. The van der Waals surface area contributed by atoms with E-state index < -0.39 is 0 Å². The fraction of sp³-hybridized carbons (Fsp3) is 0.810. The van der Waals surface area contributed by atoms with Crippen molar-refractivity contribution in [3.05, 3.63) is 24.8 Å². The molecule has 0 saturated carbocycles. The maximum absolute atomic E-state index is 5.68. The van der Waals surface area contributed by atoms with Crippen molar-refractivity contribution in [2.75, 3.05) is 0 Å². The Kier molecular flexibility index (Phi) is 12.5. The zero-order chi connectivity index (χ0) is 15.9. The van der Waals surface area contributed by atoms with E-state index in [2.05, 4.69) is 19.6 Å². The SMILES string of the molecule is C=C/C=C\CC1OC1CCCCCCCCCCCCCC. The third kappa shape index (κ3) is 11.1. The third-order valence-corrected chi connectivity index (χ3v) is 4.67. The van der Waals surface area contributed by atoms with Gasteiger partial charge >= 0.3 is 0 Å². The van der Waals surface area contributed by atoms with E-state index in [4.69, 9.17) is 4.74 Å². The molecule has 1 heteroatoms. The van der Waals surface area contributed by atoms with Gasteiger partial charge in [-0.3, -0.25) is 0 Å². The lowest BCUT2D eigenvalue weighted by atomic mass is 10.0. The van der Waals surface area contributed by atoms with Crippen molar-refractivity contribution < 1.29 is 4.74 Å². The minimum Gasteiger partial charge on any atom is -0.369 e. The molecule has 0 spiro atoms. The quantitative estimate of drug-likeness (QED) is 0.170. The molecule has 2 atom stereocenters. The normalized spacial score (nSPS) is 20.6. The van der Waals surface area contributed by atoms with Gasteiger partial charge in [-0.05, 0) is 12.8 Å². The first kappa shape index (κ1) is 19.5. The van der Waals surface area contributed by atoms with Crippen LogP contribution in [0.25, 0.3) is 0 Å². The average molecular weight is 307 g/mol. The predicted molar refractivity (Wildman–Crippen MR) is 98.3 cm³/mol. The number of hydrogen-bond donors (Lipinski definition) is 0. The summed E-state index contributed by atoms with van der Waals surface area (Å²) in [5.74, 6) is 0. The van der Waals surface area contributed by atoms with Crippen LogP contribution in [0.1, 0.15) is 96.8 Å². The van der Waals surface area contributed by atoms with Crippen molar-refractivity contribution >= 4 is 0 Å². The van der Waals surface area contributed by atoms with Crippen molar-refractivity contribution in [2.45, 2.75) is 109 Å². The molecule has 2 unspecified atom stereocenters. The molecular weight excluding hydrogens is 268 g/mol. The molecule has 1 rings (SSSR count). The largest absolute Gasteiger partial charge is 0.369 e. The van der Waals surface area contributed by atoms with Crippen LogP contribution in [0.2, 0.25) is 0 Å². The first-order chi connectivity index (χ1) is 10.9. The van der Waals surface area contributed by atoms with Crippen LogP contribution >= 0.6 is 0 Å². The number of hydrogen-bond acceptors (Lipinski definition) is 1. The van der Waals surface area contributed by atoms with E-state index in [1.54, 1.807) is 0 Å². The zero-order valence-electron chi connectivity index (χ0n) is 14.9. The number of allylic oxidation sites excluding steroid dienone is 2. The second kappa shape index (κ2) is 14.1. The Morgan fingerprint density at radius 3 is 1.86 bits per heavy atom. The molecule has 0 amide bonds. The van der Waals surface area contributed by atoms with E-state index in [0.29, 0.717) is 12.2 Å². The summed E-state index contributed by atoms with van der Waals surface area (Å²) in [5, 5.41) is 0. The second-order valence-electron chi connectivity index (χ2n) is 6.79. The van der Waals surface area contributed by atoms with Crippen LogP contribution in [0.5, 0.6) is 0 Å². The van der Waals surface area contributed by atoms with Crippen molar-refractivity contribution in [1.29, 1.82) is 0 Å². The van der Waals surface area contributed by atoms with Gasteiger partial charge in [0.1, 0.15) is 0 Å². The molecule has 1 aliphatic heterocycles. The highest BCUT2D eigenvalue weighted by Crippen LogP contribution is 2.30. The van der Waals surface area contributed by atoms with Crippen LogP contribution in [0.15, 0.2) is 24.8 Å². The first-order valence-corrected chi connectivity index (χ1v) is 9.81. The van der Waals surface area contributed by atoms with Gasteiger partial charge in [0.2, 0.25) is 0 Å². The van der Waals surface area contributed by atoms with E-state index in [9.17, 15) is 0 Å². The van der Waals surface area contributed by atoms with Crippen LogP contribution in [0.4, 0.5) is 0 Å². The predicted octanol–water partition coefficient (Wildman–Crippen LogP) is 6.98. The van der Waals surface area contributed by atoms with E-state index in [1.165, 1.54) is 83.5 Å². The number of unbranched alkanes of at least 4 members (excludes halogenated alkanes) is 11. The van der Waals surface area contributed by atoms with Crippen LogP contribution in [0, 0.1) is 0 Å². The Hall–Kier alpha value is -0.560. The van der Waals surface area contributed by atoms with E-state index in [1.807, 2.05) is 12.2 Å². The van der Waals surface area contributed by atoms with E-state index >= 15 is 0 Å². The monoisotopic (exact) mass is 306 g/mol. The van der Waals surface area contributed by atoms with Crippen LogP contribution < -0.4 is 0 Å². The molecule has 1 fully saturated rings. The Labute approximate surface area is 139 Å². The van der Waals surface area contributed by atoms with E-state index in [0.717, 1.165) is 6.42 Å². The summed E-state index contributed by atoms with van der Waals surface area (Å²) in [6, 6.07) is 0. The van der Waals surface area contributed by atoms with Crippen LogP contribution in [-0.4, -0.2) is 12.2 Å². The van der Waals surface area contributed by atoms with Gasteiger partial charge in [0.15, 0.2) is 0 Å². The molecule has 22 heavy (non-hydrogen) atoms. The Bertz CT molecular complexity index is 282. The summed E-state index contributed by atoms with van der Waals surface area (Å²) < 4.78 is 5.68. The minimum atomic E-state index is 0.504. The molecule has 0 N–H and O–H groups in total. The molecule has 0 aromatic carbocycles. The van der Waals surface area contributed by atoms with Crippen molar-refractivity contribution in [3.63, 3.8) is 0 Å². The molecular formula is C21H38O. The Balaban J connectivity index is 1.72. The molecule has 0 bridgehead atoms. The lowest BCUT2D eigenvalue weighted by molar-refractivity contribution is 0.358. The Morgan fingerprint density at radius 1 is 0.773 bits per heavy atom. The van der Waals surface area contributed by atoms with Crippen molar-refractivity contribution in [1.82, 2.24) is 0 Å². The molecule has 1 saturated heterocycles. The maximum Gasteiger partial charge on any atom is 0.0876 e. The first-order valence-electron chi connectivity index (χ1n) is 9.81. The van der Waals surface area contributed by atoms with Gasteiger partial charge in [0, 0.05) is 0 Å².